The molecule has 3 aromatic rings. The summed E-state index contributed by atoms with van der Waals surface area (Å²) in [7, 11) is -3.43. The minimum Gasteiger partial charge on any atom is -0.294 e. The highest BCUT2D eigenvalue weighted by Gasteiger charge is 2.18. The van der Waals surface area contributed by atoms with E-state index in [2.05, 4.69) is 18.8 Å². The van der Waals surface area contributed by atoms with Crippen molar-refractivity contribution in [3.8, 4) is 0 Å². The maximum Gasteiger partial charge on any atom is 0.261 e. The lowest BCUT2D eigenvalue weighted by atomic mass is 10.0. The highest BCUT2D eigenvalue weighted by molar-refractivity contribution is 7.91. The molecule has 3 rings (SSSR count). The third kappa shape index (κ3) is 3.92. The molecule has 1 aromatic heterocycles. The quantitative estimate of drug-likeness (QED) is 0.644. The van der Waals surface area contributed by atoms with Crippen molar-refractivity contribution < 1.29 is 8.42 Å². The number of benzene rings is 2. The molecule has 0 amide bonds. The molecule has 0 aliphatic carbocycles. The van der Waals surface area contributed by atoms with Gasteiger partial charge in [-0.1, -0.05) is 38.4 Å². The summed E-state index contributed by atoms with van der Waals surface area (Å²) in [6, 6.07) is 10.3. The van der Waals surface area contributed by atoms with Crippen molar-refractivity contribution in [2.75, 3.05) is 5.75 Å². The van der Waals surface area contributed by atoms with Crippen LogP contribution in [-0.4, -0.2) is 23.7 Å². The van der Waals surface area contributed by atoms with E-state index in [0.29, 0.717) is 21.5 Å². The van der Waals surface area contributed by atoms with Gasteiger partial charge < -0.3 is 0 Å². The highest BCUT2D eigenvalue weighted by Crippen LogP contribution is 2.23. The van der Waals surface area contributed by atoms with Crippen molar-refractivity contribution in [3.63, 3.8) is 0 Å². The predicted molar refractivity (Wildman–Crippen MR) is 108 cm³/mol. The maximum absolute atomic E-state index is 13.0. The zero-order valence-corrected chi connectivity index (χ0v) is 17.0. The number of halogens is 1. The first kappa shape index (κ1) is 19.6. The van der Waals surface area contributed by atoms with Crippen molar-refractivity contribution in [2.24, 2.45) is 0 Å². The summed E-state index contributed by atoms with van der Waals surface area (Å²) >= 11 is 6.07. The van der Waals surface area contributed by atoms with E-state index in [1.54, 1.807) is 19.1 Å². The molecule has 0 spiro atoms. The Bertz CT molecular complexity index is 1170. The van der Waals surface area contributed by atoms with Crippen molar-refractivity contribution in [2.45, 2.75) is 38.1 Å². The molecule has 0 unspecified atom stereocenters. The van der Waals surface area contributed by atoms with E-state index in [9.17, 15) is 13.2 Å². The Balaban J connectivity index is 2.14. The fourth-order valence-corrected chi connectivity index (χ4v) is 4.27. The highest BCUT2D eigenvalue weighted by atomic mass is 35.5. The van der Waals surface area contributed by atoms with Gasteiger partial charge in [-0.25, -0.2) is 13.4 Å². The molecule has 0 aliphatic heterocycles. The molecular formula is C20H21ClN2O3S. The van der Waals surface area contributed by atoms with Crippen molar-refractivity contribution in [1.82, 2.24) is 9.55 Å². The summed E-state index contributed by atoms with van der Waals surface area (Å²) in [5.74, 6) is 0.265. The van der Waals surface area contributed by atoms with E-state index in [-0.39, 0.29) is 28.7 Å². The molecular weight excluding hydrogens is 384 g/mol. The van der Waals surface area contributed by atoms with Gasteiger partial charge in [0, 0.05) is 5.02 Å². The van der Waals surface area contributed by atoms with Crippen molar-refractivity contribution in [1.29, 1.82) is 0 Å². The van der Waals surface area contributed by atoms with E-state index >= 15 is 0 Å². The molecule has 0 N–H and O–H groups in total. The lowest BCUT2D eigenvalue weighted by molar-refractivity contribution is 0.595. The number of hydrogen-bond donors (Lipinski definition) is 0. The van der Waals surface area contributed by atoms with E-state index in [4.69, 9.17) is 11.6 Å². The summed E-state index contributed by atoms with van der Waals surface area (Å²) < 4.78 is 26.2. The van der Waals surface area contributed by atoms with Gasteiger partial charge in [0.25, 0.3) is 5.56 Å². The molecule has 7 heteroatoms. The number of fused-ring (bicyclic) bond motifs is 1. The van der Waals surface area contributed by atoms with Gasteiger partial charge in [-0.05, 0) is 47.4 Å². The third-order valence-electron chi connectivity index (χ3n) is 4.59. The summed E-state index contributed by atoms with van der Waals surface area (Å²) in [4.78, 5) is 17.5. The van der Waals surface area contributed by atoms with Crippen molar-refractivity contribution >= 4 is 32.3 Å². The molecule has 0 bridgehead atoms. The zero-order chi connectivity index (χ0) is 19.8. The Hall–Kier alpha value is -2.18. The Morgan fingerprint density at radius 3 is 2.56 bits per heavy atom. The van der Waals surface area contributed by atoms with Gasteiger partial charge in [-0.15, -0.1) is 0 Å². The lowest BCUT2D eigenvalue weighted by Crippen LogP contribution is -2.22. The molecule has 0 atom stereocenters. The van der Waals surface area contributed by atoms with Crippen LogP contribution in [0, 0.1) is 0 Å². The fourth-order valence-electron chi connectivity index (χ4n) is 2.96. The number of aromatic nitrogens is 2. The molecule has 0 saturated heterocycles. The first-order valence-corrected chi connectivity index (χ1v) is 10.8. The molecule has 0 saturated carbocycles. The zero-order valence-electron chi connectivity index (χ0n) is 15.4. The van der Waals surface area contributed by atoms with Crippen LogP contribution in [0.1, 0.15) is 37.8 Å². The van der Waals surface area contributed by atoms with Gasteiger partial charge in [0.2, 0.25) is 0 Å². The topological polar surface area (TPSA) is 69.0 Å². The Morgan fingerprint density at radius 1 is 1.15 bits per heavy atom. The van der Waals surface area contributed by atoms with Crippen LogP contribution >= 0.6 is 11.6 Å². The minimum absolute atomic E-state index is 0.0236. The number of nitrogens with zero attached hydrogens (tertiary/aromatic N) is 2. The smallest absolute Gasteiger partial charge is 0.261 e. The second-order valence-corrected chi connectivity index (χ2v) is 9.45. The molecule has 1 heterocycles. The van der Waals surface area contributed by atoms with Crippen LogP contribution < -0.4 is 5.56 Å². The average Bonchev–Trinajstić information content (AvgIpc) is 2.63. The van der Waals surface area contributed by atoms with E-state index in [1.165, 1.54) is 17.0 Å². The normalized spacial score (nSPS) is 12.0. The lowest BCUT2D eigenvalue weighted by Gasteiger charge is -2.13. The van der Waals surface area contributed by atoms with Crippen LogP contribution in [0.15, 0.2) is 52.4 Å². The predicted octanol–water partition coefficient (Wildman–Crippen LogP) is 4.02. The summed E-state index contributed by atoms with van der Waals surface area (Å²) in [6.45, 7) is 5.79. The van der Waals surface area contributed by atoms with Gasteiger partial charge in [-0.2, -0.15) is 0 Å². The first-order valence-electron chi connectivity index (χ1n) is 8.73. The second kappa shape index (κ2) is 7.44. The molecule has 0 aliphatic rings. The number of sulfone groups is 1. The Morgan fingerprint density at radius 2 is 1.89 bits per heavy atom. The van der Waals surface area contributed by atoms with Crippen LogP contribution in [0.4, 0.5) is 0 Å². The van der Waals surface area contributed by atoms with Crippen LogP contribution in [0.3, 0.4) is 0 Å². The minimum atomic E-state index is -3.43. The molecule has 0 fully saturated rings. The Labute approximate surface area is 163 Å². The maximum atomic E-state index is 13.0. The largest absolute Gasteiger partial charge is 0.294 e. The summed E-state index contributed by atoms with van der Waals surface area (Å²) in [6.07, 6.45) is 1.45. The van der Waals surface area contributed by atoms with Crippen LogP contribution in [0.5, 0.6) is 0 Å². The van der Waals surface area contributed by atoms with Crippen LogP contribution in [0.2, 0.25) is 5.02 Å². The van der Waals surface area contributed by atoms with Gasteiger partial charge >= 0.3 is 0 Å². The molecule has 0 radical (unpaired) electrons. The third-order valence-corrected chi connectivity index (χ3v) is 6.66. The average molecular weight is 405 g/mol. The molecule has 27 heavy (non-hydrogen) atoms. The molecule has 5 nitrogen and oxygen atoms in total. The SMILES string of the molecule is CCS(=O)(=O)c1ccc(Cl)cc1Cn1cnc2ccc(C(C)C)cc2c1=O. The van der Waals surface area contributed by atoms with Crippen molar-refractivity contribution in [3.05, 3.63) is 69.2 Å². The first-order chi connectivity index (χ1) is 12.7. The van der Waals surface area contributed by atoms with Gasteiger partial charge in [0.15, 0.2) is 9.84 Å². The molecule has 142 valence electrons. The second-order valence-electron chi connectivity index (χ2n) is 6.76. The summed E-state index contributed by atoms with van der Waals surface area (Å²) in [5.41, 5.74) is 1.94. The summed E-state index contributed by atoms with van der Waals surface area (Å²) in [5, 5.41) is 0.939. The molecule has 2 aromatic carbocycles. The van der Waals surface area contributed by atoms with E-state index in [1.807, 2.05) is 18.2 Å². The number of hydrogen-bond acceptors (Lipinski definition) is 4. The Kier molecular flexibility index (Phi) is 5.40. The fraction of sp³-hybridized carbons (Fsp3) is 0.300. The van der Waals surface area contributed by atoms with E-state index < -0.39 is 9.84 Å². The van der Waals surface area contributed by atoms with E-state index in [0.717, 1.165) is 5.56 Å². The van der Waals surface area contributed by atoms with Crippen LogP contribution in [0.25, 0.3) is 10.9 Å². The van der Waals surface area contributed by atoms with Crippen LogP contribution in [-0.2, 0) is 16.4 Å². The van der Waals surface area contributed by atoms with Gasteiger partial charge in [0.1, 0.15) is 0 Å². The standard InChI is InChI=1S/C20H21ClN2O3S/c1-4-27(25,26)19-8-6-16(21)9-15(19)11-23-12-22-18-7-5-14(13(2)3)10-17(18)20(23)24/h5-10,12-13H,4,11H2,1-3H3. The monoisotopic (exact) mass is 404 g/mol. The van der Waals surface area contributed by atoms with Gasteiger partial charge in [0.05, 0.1) is 34.4 Å². The number of rotatable bonds is 5. The van der Waals surface area contributed by atoms with Gasteiger partial charge in [-0.3, -0.25) is 9.36 Å².